The Labute approximate surface area is 131 Å². The molecule has 1 N–H and O–H groups in total. The second-order valence-electron chi connectivity index (χ2n) is 6.39. The number of nitrogens with zero attached hydrogens (tertiary/aromatic N) is 1. The molecule has 0 saturated carbocycles. The smallest absolute Gasteiger partial charge is 0.410 e. The number of rotatable bonds is 6. The fourth-order valence-electron chi connectivity index (χ4n) is 2.01. The van der Waals surface area contributed by atoms with Crippen LogP contribution in [-0.2, 0) is 16.1 Å². The lowest BCUT2D eigenvalue weighted by Gasteiger charge is -2.27. The Kier molecular flexibility index (Phi) is 6.40. The predicted molar refractivity (Wildman–Crippen MR) is 84.7 cm³/mol. The van der Waals surface area contributed by atoms with E-state index in [2.05, 4.69) is 0 Å². The number of carbonyl (C=O) groups is 2. The highest BCUT2D eigenvalue weighted by Gasteiger charge is 2.22. The topological polar surface area (TPSA) is 66.8 Å². The van der Waals surface area contributed by atoms with Crippen LogP contribution in [0.1, 0.15) is 44.7 Å². The van der Waals surface area contributed by atoms with Gasteiger partial charge in [0.25, 0.3) is 0 Å². The number of hydrogen-bond acceptors (Lipinski definition) is 3. The van der Waals surface area contributed by atoms with Gasteiger partial charge in [0.2, 0.25) is 0 Å². The summed E-state index contributed by atoms with van der Waals surface area (Å²) in [5.74, 6) is -0.861. The van der Waals surface area contributed by atoms with E-state index >= 15 is 0 Å². The van der Waals surface area contributed by atoms with Crippen LogP contribution >= 0.6 is 0 Å². The van der Waals surface area contributed by atoms with E-state index in [1.807, 2.05) is 52.0 Å². The van der Waals surface area contributed by atoms with E-state index in [4.69, 9.17) is 9.84 Å². The van der Waals surface area contributed by atoms with Crippen LogP contribution < -0.4 is 0 Å². The van der Waals surface area contributed by atoms with Gasteiger partial charge in [0.05, 0.1) is 0 Å². The van der Waals surface area contributed by atoms with Gasteiger partial charge in [-0.3, -0.25) is 4.79 Å². The van der Waals surface area contributed by atoms with Gasteiger partial charge < -0.3 is 14.7 Å². The summed E-state index contributed by atoms with van der Waals surface area (Å²) in [5, 5.41) is 8.74. The number of carboxylic acid groups (broad SMARTS) is 1. The van der Waals surface area contributed by atoms with Crippen LogP contribution in [0.25, 0.3) is 0 Å². The van der Waals surface area contributed by atoms with E-state index in [-0.39, 0.29) is 6.42 Å². The van der Waals surface area contributed by atoms with Gasteiger partial charge in [-0.25, -0.2) is 4.79 Å². The summed E-state index contributed by atoms with van der Waals surface area (Å²) in [4.78, 5) is 24.5. The van der Waals surface area contributed by atoms with Gasteiger partial charge in [-0.15, -0.1) is 0 Å². The third kappa shape index (κ3) is 7.11. The van der Waals surface area contributed by atoms with Crippen molar-refractivity contribution < 1.29 is 19.4 Å². The van der Waals surface area contributed by atoms with E-state index in [1.165, 1.54) is 0 Å². The maximum atomic E-state index is 12.3. The fraction of sp³-hybridized carbons (Fsp3) is 0.529. The molecule has 0 saturated heterocycles. The monoisotopic (exact) mass is 307 g/mol. The fourth-order valence-corrected chi connectivity index (χ4v) is 2.01. The standard InChI is InChI=1S/C17H25NO4/c1-13-7-5-8-14(11-13)12-18(10-6-9-15(19)20)16(21)22-17(2,3)4/h5,7-8,11H,6,9-10,12H2,1-4H3,(H,19,20). The molecule has 1 aromatic rings. The van der Waals surface area contributed by atoms with Crippen LogP contribution in [0.2, 0.25) is 0 Å². The lowest BCUT2D eigenvalue weighted by molar-refractivity contribution is -0.137. The molecular formula is C17H25NO4. The minimum Gasteiger partial charge on any atom is -0.481 e. The Morgan fingerprint density at radius 1 is 1.27 bits per heavy atom. The van der Waals surface area contributed by atoms with Gasteiger partial charge in [0.15, 0.2) is 0 Å². The largest absolute Gasteiger partial charge is 0.481 e. The molecule has 5 nitrogen and oxygen atoms in total. The molecule has 0 aliphatic rings. The Morgan fingerprint density at radius 2 is 1.95 bits per heavy atom. The Bertz CT molecular complexity index is 520. The van der Waals surface area contributed by atoms with Crippen molar-refractivity contribution in [3.05, 3.63) is 35.4 Å². The molecule has 1 amide bonds. The SMILES string of the molecule is Cc1cccc(CN(CCCC(=O)O)C(=O)OC(C)(C)C)c1. The van der Waals surface area contributed by atoms with Crippen LogP contribution in [0.4, 0.5) is 4.79 Å². The summed E-state index contributed by atoms with van der Waals surface area (Å²) in [7, 11) is 0. The van der Waals surface area contributed by atoms with Crippen LogP contribution in [0, 0.1) is 6.92 Å². The molecule has 0 aliphatic carbocycles. The number of aryl methyl sites for hydroxylation is 1. The van der Waals surface area contributed by atoms with Crippen molar-refractivity contribution in [1.82, 2.24) is 4.90 Å². The summed E-state index contributed by atoms with van der Waals surface area (Å²) < 4.78 is 5.40. The normalized spacial score (nSPS) is 11.1. The maximum Gasteiger partial charge on any atom is 0.410 e. The van der Waals surface area contributed by atoms with Crippen LogP contribution in [0.3, 0.4) is 0 Å². The summed E-state index contributed by atoms with van der Waals surface area (Å²) in [6, 6.07) is 7.89. The van der Waals surface area contributed by atoms with Crippen molar-refractivity contribution in [1.29, 1.82) is 0 Å². The minimum atomic E-state index is -0.861. The van der Waals surface area contributed by atoms with E-state index in [0.717, 1.165) is 11.1 Å². The van der Waals surface area contributed by atoms with Gasteiger partial charge in [0.1, 0.15) is 5.60 Å². The van der Waals surface area contributed by atoms with Crippen molar-refractivity contribution in [3.63, 3.8) is 0 Å². The number of carbonyl (C=O) groups excluding carboxylic acids is 1. The summed E-state index contributed by atoms with van der Waals surface area (Å²) in [5.41, 5.74) is 1.54. The van der Waals surface area contributed by atoms with E-state index in [0.29, 0.717) is 19.5 Å². The highest BCUT2D eigenvalue weighted by Crippen LogP contribution is 2.14. The van der Waals surface area contributed by atoms with E-state index in [1.54, 1.807) is 4.90 Å². The molecular weight excluding hydrogens is 282 g/mol. The summed E-state index contributed by atoms with van der Waals surface area (Å²) in [6.45, 7) is 8.20. The molecule has 0 fully saturated rings. The van der Waals surface area contributed by atoms with Crippen molar-refractivity contribution in [3.8, 4) is 0 Å². The van der Waals surface area contributed by atoms with E-state index < -0.39 is 17.7 Å². The molecule has 0 spiro atoms. The van der Waals surface area contributed by atoms with Crippen molar-refractivity contribution in [2.24, 2.45) is 0 Å². The van der Waals surface area contributed by atoms with Crippen LogP contribution in [-0.4, -0.2) is 34.2 Å². The highest BCUT2D eigenvalue weighted by atomic mass is 16.6. The number of aliphatic carboxylic acids is 1. The molecule has 122 valence electrons. The molecule has 0 radical (unpaired) electrons. The van der Waals surface area contributed by atoms with Gasteiger partial charge in [-0.2, -0.15) is 0 Å². The number of benzene rings is 1. The third-order valence-electron chi connectivity index (χ3n) is 2.93. The van der Waals surface area contributed by atoms with Gasteiger partial charge in [0, 0.05) is 19.5 Å². The Morgan fingerprint density at radius 3 is 2.50 bits per heavy atom. The number of hydrogen-bond donors (Lipinski definition) is 1. The lowest BCUT2D eigenvalue weighted by Crippen LogP contribution is -2.37. The average Bonchev–Trinajstić information content (AvgIpc) is 2.35. The highest BCUT2D eigenvalue weighted by molar-refractivity contribution is 5.69. The molecule has 1 aromatic carbocycles. The molecule has 5 heteroatoms. The molecule has 1 rings (SSSR count). The quantitative estimate of drug-likeness (QED) is 0.872. The lowest BCUT2D eigenvalue weighted by atomic mass is 10.1. The van der Waals surface area contributed by atoms with Crippen molar-refractivity contribution >= 4 is 12.1 Å². The first-order valence-corrected chi connectivity index (χ1v) is 7.42. The van der Waals surface area contributed by atoms with Crippen LogP contribution in [0.5, 0.6) is 0 Å². The molecule has 0 bridgehead atoms. The van der Waals surface area contributed by atoms with Gasteiger partial charge in [-0.1, -0.05) is 29.8 Å². The summed E-state index contributed by atoms with van der Waals surface area (Å²) >= 11 is 0. The van der Waals surface area contributed by atoms with Crippen molar-refractivity contribution in [2.45, 2.75) is 52.7 Å². The number of amides is 1. The first-order chi connectivity index (χ1) is 10.2. The zero-order chi connectivity index (χ0) is 16.8. The zero-order valence-electron chi connectivity index (χ0n) is 13.8. The minimum absolute atomic E-state index is 0.0348. The molecule has 0 unspecified atom stereocenters. The number of ether oxygens (including phenoxy) is 1. The number of carboxylic acids is 1. The molecule has 0 aliphatic heterocycles. The first kappa shape index (κ1) is 18.0. The molecule has 0 heterocycles. The molecule has 0 atom stereocenters. The second-order valence-corrected chi connectivity index (χ2v) is 6.39. The Hall–Kier alpha value is -2.04. The first-order valence-electron chi connectivity index (χ1n) is 7.42. The maximum absolute atomic E-state index is 12.3. The third-order valence-corrected chi connectivity index (χ3v) is 2.93. The van der Waals surface area contributed by atoms with Crippen LogP contribution in [0.15, 0.2) is 24.3 Å². The second kappa shape index (κ2) is 7.82. The predicted octanol–water partition coefficient (Wildman–Crippen LogP) is 3.60. The van der Waals surface area contributed by atoms with Crippen molar-refractivity contribution in [2.75, 3.05) is 6.54 Å². The molecule has 0 aromatic heterocycles. The van der Waals surface area contributed by atoms with E-state index in [9.17, 15) is 9.59 Å². The van der Waals surface area contributed by atoms with Gasteiger partial charge in [-0.05, 0) is 39.7 Å². The zero-order valence-corrected chi connectivity index (χ0v) is 13.8. The van der Waals surface area contributed by atoms with Gasteiger partial charge >= 0.3 is 12.1 Å². The summed E-state index contributed by atoms with van der Waals surface area (Å²) in [6.07, 6.45) is 0.0208. The Balaban J connectivity index is 2.76. The average molecular weight is 307 g/mol. The molecule has 22 heavy (non-hydrogen) atoms.